The van der Waals surface area contributed by atoms with Gasteiger partial charge < -0.3 is 0 Å². The number of carbonyl (C=O) groups excluding carboxylic acids is 1. The van der Waals surface area contributed by atoms with E-state index in [0.29, 0.717) is 22.0 Å². The van der Waals surface area contributed by atoms with E-state index in [-0.39, 0.29) is 5.91 Å². The topological polar surface area (TPSA) is 54.9 Å². The molecule has 146 valence electrons. The third-order valence-electron chi connectivity index (χ3n) is 4.55. The van der Waals surface area contributed by atoms with Gasteiger partial charge in [-0.2, -0.15) is 0 Å². The molecule has 0 saturated carbocycles. The summed E-state index contributed by atoms with van der Waals surface area (Å²) in [5.74, 6) is -2.14. The molecule has 0 fully saturated rings. The van der Waals surface area contributed by atoms with Crippen LogP contribution in [-0.2, 0) is 0 Å². The molecule has 7 heteroatoms. The van der Waals surface area contributed by atoms with Crippen LogP contribution in [0, 0.1) is 32.4 Å². The first kappa shape index (κ1) is 19.1. The maximum absolute atomic E-state index is 13.6. The third-order valence-corrected chi connectivity index (χ3v) is 5.43. The fraction of sp³-hybridized carbons (Fsp3) is 0.136. The molecule has 2 aromatic heterocycles. The number of rotatable bonds is 3. The van der Waals surface area contributed by atoms with Gasteiger partial charge in [-0.05, 0) is 57.2 Å². The molecule has 4 nitrogen and oxygen atoms in total. The Bertz CT molecular complexity index is 1270. The van der Waals surface area contributed by atoms with Crippen LogP contribution in [0.25, 0.3) is 22.2 Å². The summed E-state index contributed by atoms with van der Waals surface area (Å²) >= 11 is 1.28. The summed E-state index contributed by atoms with van der Waals surface area (Å²) in [5.41, 5.74) is 4.00. The first-order valence-corrected chi connectivity index (χ1v) is 9.75. The van der Waals surface area contributed by atoms with Crippen LogP contribution in [0.3, 0.4) is 0 Å². The first-order chi connectivity index (χ1) is 13.8. The lowest BCUT2D eigenvalue weighted by atomic mass is 10.0. The molecule has 2 heterocycles. The van der Waals surface area contributed by atoms with Crippen LogP contribution >= 0.6 is 11.3 Å². The summed E-state index contributed by atoms with van der Waals surface area (Å²) in [6, 6.07) is 11.2. The predicted molar refractivity (Wildman–Crippen MR) is 111 cm³/mol. The van der Waals surface area contributed by atoms with Crippen molar-refractivity contribution in [3.63, 3.8) is 0 Å². The molecule has 0 radical (unpaired) electrons. The molecule has 0 aliphatic heterocycles. The molecule has 0 atom stereocenters. The van der Waals surface area contributed by atoms with Crippen LogP contribution in [0.1, 0.15) is 26.5 Å². The van der Waals surface area contributed by atoms with Gasteiger partial charge in [-0.3, -0.25) is 15.1 Å². The summed E-state index contributed by atoms with van der Waals surface area (Å²) in [7, 11) is 0. The highest BCUT2D eigenvalue weighted by molar-refractivity contribution is 7.16. The number of halogens is 2. The molecule has 4 rings (SSSR count). The molecule has 29 heavy (non-hydrogen) atoms. The second-order valence-electron chi connectivity index (χ2n) is 6.84. The van der Waals surface area contributed by atoms with Crippen molar-refractivity contribution in [2.24, 2.45) is 0 Å². The molecular weight excluding hydrogens is 392 g/mol. The molecule has 0 aliphatic carbocycles. The smallest absolute Gasteiger partial charge is 0.258 e. The van der Waals surface area contributed by atoms with Crippen molar-refractivity contribution in [2.45, 2.75) is 20.8 Å². The van der Waals surface area contributed by atoms with Crippen molar-refractivity contribution < 1.29 is 13.6 Å². The van der Waals surface area contributed by atoms with Gasteiger partial charge in [0.1, 0.15) is 0 Å². The molecule has 1 N–H and O–H groups in total. The summed E-state index contributed by atoms with van der Waals surface area (Å²) < 4.78 is 26.8. The second-order valence-corrected chi connectivity index (χ2v) is 8.04. The van der Waals surface area contributed by atoms with Gasteiger partial charge >= 0.3 is 0 Å². The van der Waals surface area contributed by atoms with Gasteiger partial charge in [0.25, 0.3) is 5.91 Å². The standard InChI is InChI=1S/C22H17F2N3OS/c1-11-4-7-19-15(8-11)16(9-12(2)25-19)21(28)27-22-26-20(13(3)29-22)14-5-6-17(23)18(24)10-14/h4-10H,1-3H3,(H,26,27,28). The second kappa shape index (κ2) is 7.33. The number of amides is 1. The fourth-order valence-electron chi connectivity index (χ4n) is 3.19. The van der Waals surface area contributed by atoms with Gasteiger partial charge in [0.15, 0.2) is 16.8 Å². The average Bonchev–Trinajstić information content (AvgIpc) is 3.03. The van der Waals surface area contributed by atoms with Crippen molar-refractivity contribution in [1.82, 2.24) is 9.97 Å². The van der Waals surface area contributed by atoms with Gasteiger partial charge in [-0.1, -0.05) is 11.6 Å². The molecule has 0 unspecified atom stereocenters. The zero-order valence-corrected chi connectivity index (χ0v) is 16.8. The molecule has 0 bridgehead atoms. The highest BCUT2D eigenvalue weighted by atomic mass is 32.1. The molecule has 2 aromatic carbocycles. The Hall–Kier alpha value is -3.19. The van der Waals surface area contributed by atoms with Gasteiger partial charge in [0.2, 0.25) is 0 Å². The van der Waals surface area contributed by atoms with E-state index < -0.39 is 11.6 Å². The Morgan fingerprint density at radius 2 is 1.76 bits per heavy atom. The minimum absolute atomic E-state index is 0.295. The number of fused-ring (bicyclic) bond motifs is 1. The lowest BCUT2D eigenvalue weighted by Gasteiger charge is -2.08. The maximum Gasteiger partial charge on any atom is 0.258 e. The molecule has 0 aliphatic rings. The van der Waals surface area contributed by atoms with Crippen molar-refractivity contribution >= 4 is 33.3 Å². The van der Waals surface area contributed by atoms with Gasteiger partial charge in [-0.25, -0.2) is 13.8 Å². The van der Waals surface area contributed by atoms with Gasteiger partial charge in [0.05, 0.1) is 16.8 Å². The summed E-state index contributed by atoms with van der Waals surface area (Å²) in [6.07, 6.45) is 0. The Labute approximate surface area is 170 Å². The minimum Gasteiger partial charge on any atom is -0.298 e. The zero-order chi connectivity index (χ0) is 20.7. The third kappa shape index (κ3) is 3.73. The van der Waals surface area contributed by atoms with Crippen LogP contribution < -0.4 is 5.32 Å². The number of carbonyl (C=O) groups is 1. The summed E-state index contributed by atoms with van der Waals surface area (Å²) in [4.78, 5) is 22.7. The van der Waals surface area contributed by atoms with Crippen LogP contribution in [0.4, 0.5) is 13.9 Å². The highest BCUT2D eigenvalue weighted by Crippen LogP contribution is 2.31. The minimum atomic E-state index is -0.936. The van der Waals surface area contributed by atoms with E-state index >= 15 is 0 Å². The Morgan fingerprint density at radius 1 is 0.966 bits per heavy atom. The maximum atomic E-state index is 13.6. The fourth-order valence-corrected chi connectivity index (χ4v) is 4.02. The molecule has 1 amide bonds. The number of pyridine rings is 1. The highest BCUT2D eigenvalue weighted by Gasteiger charge is 2.17. The van der Waals surface area contributed by atoms with E-state index in [2.05, 4.69) is 15.3 Å². The number of hydrogen-bond acceptors (Lipinski definition) is 4. The number of hydrogen-bond donors (Lipinski definition) is 1. The van der Waals surface area contributed by atoms with E-state index in [1.807, 2.05) is 39.0 Å². The van der Waals surface area contributed by atoms with Crippen molar-refractivity contribution in [3.05, 3.63) is 75.8 Å². The van der Waals surface area contributed by atoms with Crippen LogP contribution in [0.2, 0.25) is 0 Å². The van der Waals surface area contributed by atoms with Crippen molar-refractivity contribution in [1.29, 1.82) is 0 Å². The number of nitrogens with zero attached hydrogens (tertiary/aromatic N) is 2. The quantitative estimate of drug-likeness (QED) is 0.464. The van der Waals surface area contributed by atoms with Crippen molar-refractivity contribution in [2.75, 3.05) is 5.32 Å². The number of aromatic nitrogens is 2. The van der Waals surface area contributed by atoms with Crippen LogP contribution in [0.5, 0.6) is 0 Å². The molecule has 4 aromatic rings. The number of aryl methyl sites for hydroxylation is 3. The molecule has 0 spiro atoms. The number of thiazole rings is 1. The normalized spacial score (nSPS) is 11.1. The van der Waals surface area contributed by atoms with E-state index in [1.165, 1.54) is 17.4 Å². The van der Waals surface area contributed by atoms with E-state index in [4.69, 9.17) is 0 Å². The summed E-state index contributed by atoms with van der Waals surface area (Å²) in [6.45, 7) is 5.61. The van der Waals surface area contributed by atoms with Gasteiger partial charge in [0, 0.05) is 21.5 Å². The van der Waals surface area contributed by atoms with E-state index in [0.717, 1.165) is 39.2 Å². The average molecular weight is 409 g/mol. The summed E-state index contributed by atoms with van der Waals surface area (Å²) in [5, 5.41) is 3.98. The van der Waals surface area contributed by atoms with E-state index in [9.17, 15) is 13.6 Å². The molecular formula is C22H17F2N3OS. The Balaban J connectivity index is 1.69. The predicted octanol–water partition coefficient (Wildman–Crippen LogP) is 5.81. The van der Waals surface area contributed by atoms with Crippen LogP contribution in [-0.4, -0.2) is 15.9 Å². The van der Waals surface area contributed by atoms with E-state index in [1.54, 1.807) is 6.07 Å². The lowest BCUT2D eigenvalue weighted by Crippen LogP contribution is -2.13. The van der Waals surface area contributed by atoms with Crippen molar-refractivity contribution in [3.8, 4) is 11.3 Å². The number of nitrogens with one attached hydrogen (secondary N) is 1. The number of benzene rings is 2. The van der Waals surface area contributed by atoms with Gasteiger partial charge in [-0.15, -0.1) is 11.3 Å². The number of anilines is 1. The van der Waals surface area contributed by atoms with Crippen LogP contribution in [0.15, 0.2) is 42.5 Å². The monoisotopic (exact) mass is 409 g/mol. The largest absolute Gasteiger partial charge is 0.298 e. The first-order valence-electron chi connectivity index (χ1n) is 8.94. The SMILES string of the molecule is Cc1ccc2nc(C)cc(C(=O)Nc3nc(-c4ccc(F)c(F)c4)c(C)s3)c2c1. The Morgan fingerprint density at radius 3 is 2.52 bits per heavy atom. The molecule has 0 saturated heterocycles. The lowest BCUT2D eigenvalue weighted by molar-refractivity contribution is 0.102. The Kier molecular flexibility index (Phi) is 4.84. The zero-order valence-electron chi connectivity index (χ0n) is 16.0.